The van der Waals surface area contributed by atoms with Crippen molar-refractivity contribution in [1.82, 2.24) is 20.1 Å². The molecule has 1 amide bonds. The molecule has 2 heterocycles. The number of amides is 1. The summed E-state index contributed by atoms with van der Waals surface area (Å²) < 4.78 is 26.8. The lowest BCUT2D eigenvalue weighted by Gasteiger charge is -2.32. The van der Waals surface area contributed by atoms with Crippen molar-refractivity contribution in [1.29, 1.82) is 0 Å². The van der Waals surface area contributed by atoms with E-state index < -0.39 is 0 Å². The van der Waals surface area contributed by atoms with Gasteiger partial charge >= 0.3 is 0 Å². The number of piperidine rings is 1. The summed E-state index contributed by atoms with van der Waals surface area (Å²) in [6.07, 6.45) is 1.83. The molecule has 1 aliphatic heterocycles. The molecule has 0 aliphatic carbocycles. The van der Waals surface area contributed by atoms with Gasteiger partial charge in [-0.3, -0.25) is 14.6 Å². The van der Waals surface area contributed by atoms with Gasteiger partial charge in [-0.1, -0.05) is 54.6 Å². The summed E-state index contributed by atoms with van der Waals surface area (Å²) in [5, 5.41) is 5.80. The van der Waals surface area contributed by atoms with Gasteiger partial charge in [-0.05, 0) is 53.8 Å². The monoisotopic (exact) mass is 546 g/mol. The van der Waals surface area contributed by atoms with Gasteiger partial charge in [-0.2, -0.15) is 0 Å². The minimum absolute atomic E-state index is 0.136. The second kappa shape index (κ2) is 13.1. The van der Waals surface area contributed by atoms with Crippen LogP contribution in [0.3, 0.4) is 0 Å². The third kappa shape index (κ3) is 8.02. The molecule has 1 saturated heterocycles. The number of rotatable bonds is 10. The highest BCUT2D eigenvalue weighted by molar-refractivity contribution is 7.09. The quantitative estimate of drug-likeness (QED) is 0.264. The van der Waals surface area contributed by atoms with Gasteiger partial charge < -0.3 is 5.32 Å². The number of nitrogens with one attached hydrogen (secondary N) is 1. The molecule has 5 nitrogen and oxygen atoms in total. The van der Waals surface area contributed by atoms with Crippen LogP contribution in [0, 0.1) is 11.6 Å². The first kappa shape index (κ1) is 27.1. The number of hydrogen-bond donors (Lipinski definition) is 1. The van der Waals surface area contributed by atoms with Crippen molar-refractivity contribution in [3.8, 4) is 0 Å². The second-order valence-electron chi connectivity index (χ2n) is 10.0. The molecular formula is C31H32F2N4OS. The molecule has 0 radical (unpaired) electrons. The zero-order valence-electron chi connectivity index (χ0n) is 21.7. The number of hydrogen-bond acceptors (Lipinski definition) is 5. The summed E-state index contributed by atoms with van der Waals surface area (Å²) in [5.74, 6) is -0.690. The Hall–Kier alpha value is -3.46. The highest BCUT2D eigenvalue weighted by Crippen LogP contribution is 2.19. The number of thiazole rings is 1. The number of carbonyl (C=O) groups is 1. The predicted molar refractivity (Wildman–Crippen MR) is 150 cm³/mol. The zero-order chi connectivity index (χ0) is 27.0. The van der Waals surface area contributed by atoms with Crippen LogP contribution in [-0.4, -0.2) is 39.8 Å². The molecule has 5 rings (SSSR count). The molecule has 1 fully saturated rings. The van der Waals surface area contributed by atoms with E-state index in [0.717, 1.165) is 48.6 Å². The average molecular weight is 547 g/mol. The molecule has 0 spiro atoms. The highest BCUT2D eigenvalue weighted by Gasteiger charge is 2.22. The summed E-state index contributed by atoms with van der Waals surface area (Å²) in [6.45, 7) is 4.49. The van der Waals surface area contributed by atoms with Gasteiger partial charge in [-0.25, -0.2) is 13.8 Å². The van der Waals surface area contributed by atoms with Crippen LogP contribution < -0.4 is 5.32 Å². The maximum atomic E-state index is 13.4. The minimum atomic E-state index is -0.277. The summed E-state index contributed by atoms with van der Waals surface area (Å²) in [6, 6.07) is 23.4. The van der Waals surface area contributed by atoms with Gasteiger partial charge in [-0.15, -0.1) is 11.3 Å². The normalized spacial score (nSPS) is 14.5. The topological polar surface area (TPSA) is 48.5 Å². The summed E-state index contributed by atoms with van der Waals surface area (Å²) in [4.78, 5) is 22.2. The summed E-state index contributed by atoms with van der Waals surface area (Å²) in [7, 11) is 0. The molecule has 3 aromatic carbocycles. The third-order valence-electron chi connectivity index (χ3n) is 6.95. The predicted octanol–water partition coefficient (Wildman–Crippen LogP) is 6.02. The fourth-order valence-corrected chi connectivity index (χ4v) is 5.69. The fraction of sp³-hybridized carbons (Fsp3) is 0.290. The first-order valence-corrected chi connectivity index (χ1v) is 14.1. The summed E-state index contributed by atoms with van der Waals surface area (Å²) in [5.41, 5.74) is 3.67. The lowest BCUT2D eigenvalue weighted by molar-refractivity contribution is 0.0904. The molecule has 0 saturated carbocycles. The molecule has 39 heavy (non-hydrogen) atoms. The second-order valence-corrected chi connectivity index (χ2v) is 11.0. The Morgan fingerprint density at radius 1 is 0.846 bits per heavy atom. The van der Waals surface area contributed by atoms with Gasteiger partial charge in [0.15, 0.2) is 0 Å². The van der Waals surface area contributed by atoms with Crippen molar-refractivity contribution in [2.75, 3.05) is 13.1 Å². The van der Waals surface area contributed by atoms with E-state index >= 15 is 0 Å². The number of carbonyl (C=O) groups excluding carboxylic acids is 1. The van der Waals surface area contributed by atoms with Crippen molar-refractivity contribution < 1.29 is 13.6 Å². The van der Waals surface area contributed by atoms with E-state index in [-0.39, 0.29) is 23.6 Å². The van der Waals surface area contributed by atoms with Crippen LogP contribution in [0.25, 0.3) is 0 Å². The zero-order valence-corrected chi connectivity index (χ0v) is 22.5. The maximum Gasteiger partial charge on any atom is 0.270 e. The van der Waals surface area contributed by atoms with E-state index in [0.29, 0.717) is 25.3 Å². The molecule has 0 unspecified atom stereocenters. The lowest BCUT2D eigenvalue weighted by Crippen LogP contribution is -2.44. The van der Waals surface area contributed by atoms with Crippen LogP contribution in [0.2, 0.25) is 0 Å². The van der Waals surface area contributed by atoms with Crippen LogP contribution >= 0.6 is 11.3 Å². The van der Waals surface area contributed by atoms with Gasteiger partial charge in [0.05, 0.1) is 6.54 Å². The molecule has 0 bridgehead atoms. The Balaban J connectivity index is 1.17. The number of likely N-dealkylation sites (tertiary alicyclic amines) is 1. The van der Waals surface area contributed by atoms with Crippen LogP contribution in [0.5, 0.6) is 0 Å². The lowest BCUT2D eigenvalue weighted by atomic mass is 10.0. The van der Waals surface area contributed by atoms with Gasteiger partial charge in [0.2, 0.25) is 0 Å². The van der Waals surface area contributed by atoms with Crippen molar-refractivity contribution in [3.05, 3.63) is 123 Å². The van der Waals surface area contributed by atoms with E-state index in [4.69, 9.17) is 0 Å². The van der Waals surface area contributed by atoms with Gasteiger partial charge in [0.25, 0.3) is 5.91 Å². The van der Waals surface area contributed by atoms with Crippen LogP contribution in [0.15, 0.2) is 84.2 Å². The molecule has 1 N–H and O–H groups in total. The smallest absolute Gasteiger partial charge is 0.270 e. The van der Waals surface area contributed by atoms with E-state index in [9.17, 15) is 13.6 Å². The van der Waals surface area contributed by atoms with Crippen molar-refractivity contribution in [3.63, 3.8) is 0 Å². The van der Waals surface area contributed by atoms with Crippen LogP contribution in [0.1, 0.15) is 45.0 Å². The first-order valence-electron chi connectivity index (χ1n) is 13.2. The van der Waals surface area contributed by atoms with E-state index in [2.05, 4.69) is 44.4 Å². The van der Waals surface area contributed by atoms with E-state index in [1.807, 2.05) is 11.4 Å². The standard InChI is InChI=1S/C31H32F2N4OS/c32-26-10-6-24(7-11-26)19-37(20-25-8-12-27(33)13-9-25)21-30-35-29(22-39-30)31(38)34-28-14-16-36(17-15-28)18-23-4-2-1-3-5-23/h1-13,22,28H,14-21H2,(H,34,38). The SMILES string of the molecule is O=C(NC1CCN(Cc2ccccc2)CC1)c1csc(CN(Cc2ccc(F)cc2)Cc2ccc(F)cc2)n1. The Labute approximate surface area is 232 Å². The fourth-order valence-electron chi connectivity index (χ4n) is 4.88. The Morgan fingerprint density at radius 3 is 2.03 bits per heavy atom. The van der Waals surface area contributed by atoms with Gasteiger partial charge in [0, 0.05) is 44.1 Å². The molecular weight excluding hydrogens is 514 g/mol. The van der Waals surface area contributed by atoms with Crippen molar-refractivity contribution in [2.24, 2.45) is 0 Å². The third-order valence-corrected chi connectivity index (χ3v) is 7.79. The Bertz CT molecular complexity index is 1290. The maximum absolute atomic E-state index is 13.4. The number of halogens is 2. The van der Waals surface area contributed by atoms with Crippen molar-refractivity contribution in [2.45, 2.75) is 45.1 Å². The number of nitrogens with zero attached hydrogens (tertiary/aromatic N) is 3. The Morgan fingerprint density at radius 2 is 1.44 bits per heavy atom. The first-order chi connectivity index (χ1) is 19.0. The largest absolute Gasteiger partial charge is 0.348 e. The van der Waals surface area contributed by atoms with Crippen LogP contribution in [-0.2, 0) is 26.2 Å². The molecule has 1 aliphatic rings. The van der Waals surface area contributed by atoms with Crippen LogP contribution in [0.4, 0.5) is 8.78 Å². The van der Waals surface area contributed by atoms with Crippen molar-refractivity contribution >= 4 is 17.2 Å². The number of benzene rings is 3. The molecule has 4 aromatic rings. The molecule has 1 aromatic heterocycles. The Kier molecular flexibility index (Phi) is 9.08. The van der Waals surface area contributed by atoms with Gasteiger partial charge in [0.1, 0.15) is 22.3 Å². The summed E-state index contributed by atoms with van der Waals surface area (Å²) >= 11 is 1.45. The number of aromatic nitrogens is 1. The van der Waals surface area contributed by atoms with E-state index in [1.54, 1.807) is 24.3 Å². The molecule has 202 valence electrons. The van der Waals surface area contributed by atoms with E-state index in [1.165, 1.54) is 41.2 Å². The molecule has 0 atom stereocenters. The molecule has 8 heteroatoms. The average Bonchev–Trinajstić information content (AvgIpc) is 3.42. The minimum Gasteiger partial charge on any atom is -0.348 e. The highest BCUT2D eigenvalue weighted by atomic mass is 32.1.